The molecule has 0 aliphatic heterocycles. The number of hydrogen-bond acceptors (Lipinski definition) is 4. The number of benzene rings is 1. The Bertz CT molecular complexity index is 905. The van der Waals surface area contributed by atoms with Gasteiger partial charge in [-0.05, 0) is 62.3 Å². The number of nitrogens with zero attached hydrogens (tertiary/aromatic N) is 2. The number of carbonyl (C=O) groups is 2. The third-order valence-corrected chi connectivity index (χ3v) is 5.21. The monoisotopic (exact) mass is 403 g/mol. The van der Waals surface area contributed by atoms with E-state index in [2.05, 4.69) is 10.4 Å². The number of aromatic nitrogens is 2. The van der Waals surface area contributed by atoms with Crippen LogP contribution in [0.25, 0.3) is 0 Å². The van der Waals surface area contributed by atoms with Gasteiger partial charge < -0.3 is 10.1 Å². The number of nitrogens with one attached hydrogen (secondary N) is 1. The zero-order chi connectivity index (χ0) is 20.4. The molecule has 1 heterocycles. The van der Waals surface area contributed by atoms with Gasteiger partial charge in [-0.1, -0.05) is 31.5 Å². The largest absolute Gasteiger partial charge is 0.449 e. The Labute approximate surface area is 170 Å². The number of fused-ring (bicyclic) bond motifs is 1. The highest BCUT2D eigenvalue weighted by molar-refractivity contribution is 6.32. The molecule has 0 spiro atoms. The highest BCUT2D eigenvalue weighted by Crippen LogP contribution is 2.25. The summed E-state index contributed by atoms with van der Waals surface area (Å²) in [6, 6.07) is 5.92. The molecular formula is C21H26ClN3O3. The molecule has 0 saturated carbocycles. The second kappa shape index (κ2) is 8.35. The first kappa shape index (κ1) is 20.4. The summed E-state index contributed by atoms with van der Waals surface area (Å²) in [5.74, 6) is -0.693. The summed E-state index contributed by atoms with van der Waals surface area (Å²) in [5.41, 5.74) is 4.01. The molecule has 6 nitrogen and oxygen atoms in total. The fourth-order valence-electron chi connectivity index (χ4n) is 3.42. The van der Waals surface area contributed by atoms with Crippen LogP contribution in [0, 0.1) is 12.8 Å². The molecule has 1 aromatic heterocycles. The Kier molecular flexibility index (Phi) is 6.08. The second-order valence-electron chi connectivity index (χ2n) is 7.70. The average molecular weight is 404 g/mol. The Morgan fingerprint density at radius 3 is 2.68 bits per heavy atom. The first-order chi connectivity index (χ1) is 13.3. The fourth-order valence-corrected chi connectivity index (χ4v) is 3.74. The van der Waals surface area contributed by atoms with Gasteiger partial charge in [-0.15, -0.1) is 0 Å². The van der Waals surface area contributed by atoms with Crippen LogP contribution in [0.5, 0.6) is 0 Å². The molecule has 1 aliphatic carbocycles. The molecule has 1 N–H and O–H groups in total. The highest BCUT2D eigenvalue weighted by atomic mass is 35.5. The molecule has 0 radical (unpaired) electrons. The number of anilines is 1. The maximum Gasteiger partial charge on any atom is 0.343 e. The van der Waals surface area contributed by atoms with Crippen LogP contribution in [0.3, 0.4) is 0 Å². The van der Waals surface area contributed by atoms with Crippen molar-refractivity contribution in [3.05, 3.63) is 45.7 Å². The van der Waals surface area contributed by atoms with Gasteiger partial charge >= 0.3 is 5.97 Å². The van der Waals surface area contributed by atoms with Crippen LogP contribution in [0.1, 0.15) is 54.4 Å². The van der Waals surface area contributed by atoms with Crippen molar-refractivity contribution < 1.29 is 14.3 Å². The van der Waals surface area contributed by atoms with Gasteiger partial charge in [-0.3, -0.25) is 9.48 Å². The molecule has 7 heteroatoms. The number of aryl methyl sites for hydroxylation is 3. The molecule has 0 fully saturated rings. The molecule has 1 aliphatic rings. The van der Waals surface area contributed by atoms with E-state index >= 15 is 0 Å². The summed E-state index contributed by atoms with van der Waals surface area (Å²) in [4.78, 5) is 25.0. The van der Waals surface area contributed by atoms with Gasteiger partial charge in [-0.25, -0.2) is 4.79 Å². The zero-order valence-corrected chi connectivity index (χ0v) is 17.5. The van der Waals surface area contributed by atoms with Crippen LogP contribution in [0.4, 0.5) is 5.69 Å². The maximum atomic E-state index is 12.6. The maximum absolute atomic E-state index is 12.6. The van der Waals surface area contributed by atoms with Gasteiger partial charge in [0.1, 0.15) is 10.7 Å². The molecular weight excluding hydrogens is 378 g/mol. The summed E-state index contributed by atoms with van der Waals surface area (Å²) < 4.78 is 6.94. The summed E-state index contributed by atoms with van der Waals surface area (Å²) in [6.45, 7) is 7.92. The lowest BCUT2D eigenvalue weighted by molar-refractivity contribution is -0.123. The van der Waals surface area contributed by atoms with Crippen molar-refractivity contribution in [1.82, 2.24) is 9.78 Å². The standard InChI is InChI=1S/C21H26ClN3O3/c1-12(2)11-25-19(22)18(13(3)24-25)21(27)28-14(4)20(26)23-17-9-8-15-6-5-7-16(15)10-17/h8-10,12,14H,5-7,11H2,1-4H3,(H,23,26)/t14-/m0/s1. The van der Waals surface area contributed by atoms with E-state index in [0.717, 1.165) is 19.3 Å². The Morgan fingerprint density at radius 2 is 1.96 bits per heavy atom. The lowest BCUT2D eigenvalue weighted by atomic mass is 10.1. The highest BCUT2D eigenvalue weighted by Gasteiger charge is 2.26. The number of rotatable bonds is 6. The van der Waals surface area contributed by atoms with Gasteiger partial charge in [0.25, 0.3) is 5.91 Å². The number of halogens is 1. The first-order valence-corrected chi connectivity index (χ1v) is 10.0. The van der Waals surface area contributed by atoms with Crippen molar-refractivity contribution in [3.63, 3.8) is 0 Å². The molecule has 0 saturated heterocycles. The Balaban J connectivity index is 1.65. The SMILES string of the molecule is Cc1nn(CC(C)C)c(Cl)c1C(=O)O[C@@H](C)C(=O)Nc1ccc2c(c1)CCC2. The quantitative estimate of drug-likeness (QED) is 0.734. The topological polar surface area (TPSA) is 73.2 Å². The number of hydrogen-bond donors (Lipinski definition) is 1. The van der Waals surface area contributed by atoms with E-state index in [1.165, 1.54) is 11.1 Å². The van der Waals surface area contributed by atoms with Gasteiger partial charge in [-0.2, -0.15) is 5.10 Å². The van der Waals surface area contributed by atoms with Crippen molar-refractivity contribution >= 4 is 29.2 Å². The van der Waals surface area contributed by atoms with Crippen molar-refractivity contribution in [2.75, 3.05) is 5.32 Å². The number of carbonyl (C=O) groups excluding carboxylic acids is 2. The molecule has 1 aromatic carbocycles. The zero-order valence-electron chi connectivity index (χ0n) is 16.7. The van der Waals surface area contributed by atoms with E-state index in [9.17, 15) is 9.59 Å². The van der Waals surface area contributed by atoms with Crippen LogP contribution >= 0.6 is 11.6 Å². The van der Waals surface area contributed by atoms with Gasteiger partial charge in [0, 0.05) is 12.2 Å². The van der Waals surface area contributed by atoms with Crippen molar-refractivity contribution in [2.24, 2.45) is 5.92 Å². The number of esters is 1. The third-order valence-electron chi connectivity index (χ3n) is 4.83. The smallest absolute Gasteiger partial charge is 0.343 e. The third kappa shape index (κ3) is 4.38. The van der Waals surface area contributed by atoms with Crippen molar-refractivity contribution in [1.29, 1.82) is 0 Å². The van der Waals surface area contributed by atoms with Crippen LogP contribution < -0.4 is 5.32 Å². The van der Waals surface area contributed by atoms with E-state index < -0.39 is 12.1 Å². The van der Waals surface area contributed by atoms with Gasteiger partial charge in [0.05, 0.1) is 5.69 Å². The molecule has 2 aromatic rings. The predicted molar refractivity (Wildman–Crippen MR) is 109 cm³/mol. The first-order valence-electron chi connectivity index (χ1n) is 9.62. The molecule has 1 atom stereocenters. The van der Waals surface area contributed by atoms with E-state index in [1.54, 1.807) is 18.5 Å². The van der Waals surface area contributed by atoms with E-state index in [-0.39, 0.29) is 16.6 Å². The van der Waals surface area contributed by atoms with E-state index in [4.69, 9.17) is 16.3 Å². The number of amides is 1. The fraction of sp³-hybridized carbons (Fsp3) is 0.476. The lowest BCUT2D eigenvalue weighted by Gasteiger charge is -2.14. The Hall–Kier alpha value is -2.34. The molecule has 1 amide bonds. The van der Waals surface area contributed by atoms with Crippen LogP contribution in [0.2, 0.25) is 5.15 Å². The molecule has 3 rings (SSSR count). The van der Waals surface area contributed by atoms with Crippen molar-refractivity contribution in [3.8, 4) is 0 Å². The molecule has 0 bridgehead atoms. The van der Waals surface area contributed by atoms with Crippen molar-refractivity contribution in [2.45, 2.75) is 59.6 Å². The minimum atomic E-state index is -0.954. The normalized spacial score (nSPS) is 14.1. The summed E-state index contributed by atoms with van der Waals surface area (Å²) in [7, 11) is 0. The summed E-state index contributed by atoms with van der Waals surface area (Å²) in [6.07, 6.45) is 2.31. The molecule has 150 valence electrons. The molecule has 28 heavy (non-hydrogen) atoms. The van der Waals surface area contributed by atoms with Gasteiger partial charge in [0.2, 0.25) is 0 Å². The summed E-state index contributed by atoms with van der Waals surface area (Å²) in [5, 5.41) is 7.37. The van der Waals surface area contributed by atoms with Gasteiger partial charge in [0.15, 0.2) is 6.10 Å². The van der Waals surface area contributed by atoms with Crippen LogP contribution in [0.15, 0.2) is 18.2 Å². The second-order valence-corrected chi connectivity index (χ2v) is 8.06. The van der Waals surface area contributed by atoms with Crippen LogP contribution in [-0.4, -0.2) is 27.8 Å². The minimum absolute atomic E-state index is 0.208. The van der Waals surface area contributed by atoms with E-state index in [0.29, 0.717) is 23.8 Å². The Morgan fingerprint density at radius 1 is 1.25 bits per heavy atom. The van der Waals surface area contributed by atoms with E-state index in [1.807, 2.05) is 32.0 Å². The predicted octanol–water partition coefficient (Wildman–Crippen LogP) is 4.17. The van der Waals surface area contributed by atoms with Crippen LogP contribution in [-0.2, 0) is 28.9 Å². The lowest BCUT2D eigenvalue weighted by Crippen LogP contribution is -2.30. The average Bonchev–Trinajstić information content (AvgIpc) is 3.18. The summed E-state index contributed by atoms with van der Waals surface area (Å²) >= 11 is 6.31. The number of ether oxygens (including phenoxy) is 1. The molecule has 0 unspecified atom stereocenters. The minimum Gasteiger partial charge on any atom is -0.449 e.